The first-order valence-corrected chi connectivity index (χ1v) is 4.23. The predicted octanol–water partition coefficient (Wildman–Crippen LogP) is 1.63. The Morgan fingerprint density at radius 2 is 2.18 bits per heavy atom. The summed E-state index contributed by atoms with van der Waals surface area (Å²) in [5, 5.41) is 8.85. The fourth-order valence-corrected chi connectivity index (χ4v) is 1.53. The van der Waals surface area contributed by atoms with E-state index in [0.29, 0.717) is 6.04 Å². The number of nitriles is 1. The Balaban J connectivity index is 2.55. The first-order chi connectivity index (χ1) is 5.07. The summed E-state index contributed by atoms with van der Waals surface area (Å²) in [6.45, 7) is 8.45. The van der Waals surface area contributed by atoms with Crippen molar-refractivity contribution in [3.05, 3.63) is 0 Å². The first kappa shape index (κ1) is 8.55. The Kier molecular flexibility index (Phi) is 2.20. The second-order valence-electron chi connectivity index (χ2n) is 3.99. The molecule has 2 heteroatoms. The van der Waals surface area contributed by atoms with Gasteiger partial charge in [-0.15, -0.1) is 0 Å². The molecule has 0 spiro atoms. The van der Waals surface area contributed by atoms with E-state index in [2.05, 4.69) is 31.7 Å². The molecular formula is C9H16N2. The van der Waals surface area contributed by atoms with Gasteiger partial charge < -0.3 is 0 Å². The summed E-state index contributed by atoms with van der Waals surface area (Å²) < 4.78 is 0. The zero-order chi connectivity index (χ0) is 8.48. The molecular weight excluding hydrogens is 136 g/mol. The van der Waals surface area contributed by atoms with E-state index in [1.807, 2.05) is 0 Å². The van der Waals surface area contributed by atoms with Gasteiger partial charge >= 0.3 is 0 Å². The van der Waals surface area contributed by atoms with Gasteiger partial charge in [-0.1, -0.05) is 0 Å². The van der Waals surface area contributed by atoms with E-state index in [-0.39, 0.29) is 5.41 Å². The molecule has 0 aromatic heterocycles. The summed E-state index contributed by atoms with van der Waals surface area (Å²) in [5.41, 5.74) is -0.0791. The molecule has 0 aromatic rings. The van der Waals surface area contributed by atoms with Crippen LogP contribution in [0.25, 0.3) is 0 Å². The van der Waals surface area contributed by atoms with Gasteiger partial charge in [-0.25, -0.2) is 0 Å². The molecule has 1 atom stereocenters. The van der Waals surface area contributed by atoms with Gasteiger partial charge in [-0.3, -0.25) is 4.90 Å². The number of hydrogen-bond acceptors (Lipinski definition) is 2. The van der Waals surface area contributed by atoms with Crippen molar-refractivity contribution in [3.8, 4) is 6.07 Å². The molecule has 11 heavy (non-hydrogen) atoms. The van der Waals surface area contributed by atoms with E-state index in [1.54, 1.807) is 0 Å². The number of hydrogen-bond donors (Lipinski definition) is 0. The summed E-state index contributed by atoms with van der Waals surface area (Å²) >= 11 is 0. The number of likely N-dealkylation sites (tertiary alicyclic amines) is 1. The number of nitrogens with zero attached hydrogens (tertiary/aromatic N) is 2. The van der Waals surface area contributed by atoms with Gasteiger partial charge in [0.1, 0.15) is 0 Å². The van der Waals surface area contributed by atoms with E-state index in [9.17, 15) is 0 Å². The predicted molar refractivity (Wildman–Crippen MR) is 45.0 cm³/mol. The van der Waals surface area contributed by atoms with Gasteiger partial charge in [-0.05, 0) is 27.2 Å². The topological polar surface area (TPSA) is 27.0 Å². The van der Waals surface area contributed by atoms with Crippen LogP contribution in [0.15, 0.2) is 0 Å². The van der Waals surface area contributed by atoms with E-state index in [0.717, 1.165) is 19.5 Å². The lowest BCUT2D eigenvalue weighted by atomic mass is 9.92. The molecule has 2 nitrogen and oxygen atoms in total. The van der Waals surface area contributed by atoms with Crippen LogP contribution in [0.4, 0.5) is 0 Å². The van der Waals surface area contributed by atoms with E-state index in [4.69, 9.17) is 5.26 Å². The quantitative estimate of drug-likeness (QED) is 0.571. The van der Waals surface area contributed by atoms with Crippen LogP contribution in [-0.4, -0.2) is 24.0 Å². The maximum atomic E-state index is 8.85. The zero-order valence-electron chi connectivity index (χ0n) is 7.59. The lowest BCUT2D eigenvalue weighted by Crippen LogP contribution is -2.30. The second kappa shape index (κ2) is 2.83. The minimum absolute atomic E-state index is 0.0791. The third-order valence-electron chi connectivity index (χ3n) is 2.50. The van der Waals surface area contributed by atoms with Gasteiger partial charge in [0.2, 0.25) is 0 Å². The Hall–Kier alpha value is -0.550. The largest absolute Gasteiger partial charge is 0.299 e. The minimum atomic E-state index is -0.0791. The third kappa shape index (κ3) is 1.72. The monoisotopic (exact) mass is 152 g/mol. The maximum absolute atomic E-state index is 8.85. The normalized spacial score (nSPS) is 32.6. The molecule has 1 rings (SSSR count). The average molecular weight is 152 g/mol. The molecule has 0 radical (unpaired) electrons. The Labute approximate surface area is 68.8 Å². The van der Waals surface area contributed by atoms with Crippen LogP contribution in [0.3, 0.4) is 0 Å². The Morgan fingerprint density at radius 1 is 1.55 bits per heavy atom. The minimum Gasteiger partial charge on any atom is -0.299 e. The van der Waals surface area contributed by atoms with Crippen molar-refractivity contribution in [2.75, 3.05) is 13.1 Å². The molecule has 1 aliphatic heterocycles. The molecule has 0 bridgehead atoms. The van der Waals surface area contributed by atoms with Crippen LogP contribution in [0, 0.1) is 16.7 Å². The molecule has 1 aliphatic rings. The molecule has 62 valence electrons. The maximum Gasteiger partial charge on any atom is 0.0700 e. The van der Waals surface area contributed by atoms with Crippen LogP contribution >= 0.6 is 0 Å². The highest BCUT2D eigenvalue weighted by Gasteiger charge is 2.34. The SMILES string of the molecule is CC(C)N1CC[C@](C)(C#N)C1. The average Bonchev–Trinajstić information content (AvgIpc) is 2.33. The van der Waals surface area contributed by atoms with Crippen molar-refractivity contribution in [1.82, 2.24) is 4.90 Å². The summed E-state index contributed by atoms with van der Waals surface area (Å²) in [7, 11) is 0. The standard InChI is InChI=1S/C9H16N2/c1-8(2)11-5-4-9(3,6-10)7-11/h8H,4-5,7H2,1-3H3/t9-/m1/s1. The Bertz CT molecular complexity index is 180. The third-order valence-corrected chi connectivity index (χ3v) is 2.50. The van der Waals surface area contributed by atoms with E-state index in [1.165, 1.54) is 0 Å². The van der Waals surface area contributed by atoms with Crippen LogP contribution < -0.4 is 0 Å². The van der Waals surface area contributed by atoms with E-state index >= 15 is 0 Å². The van der Waals surface area contributed by atoms with Gasteiger partial charge in [0.15, 0.2) is 0 Å². The molecule has 1 fully saturated rings. The van der Waals surface area contributed by atoms with Crippen molar-refractivity contribution in [1.29, 1.82) is 5.26 Å². The van der Waals surface area contributed by atoms with Crippen molar-refractivity contribution < 1.29 is 0 Å². The smallest absolute Gasteiger partial charge is 0.0700 e. The molecule has 0 N–H and O–H groups in total. The molecule has 0 saturated carbocycles. The molecule has 0 amide bonds. The summed E-state index contributed by atoms with van der Waals surface area (Å²) in [6.07, 6.45) is 1.03. The van der Waals surface area contributed by atoms with E-state index < -0.39 is 0 Å². The summed E-state index contributed by atoms with van der Waals surface area (Å²) in [6, 6.07) is 2.97. The van der Waals surface area contributed by atoms with Crippen LogP contribution in [0.5, 0.6) is 0 Å². The summed E-state index contributed by atoms with van der Waals surface area (Å²) in [4.78, 5) is 2.36. The van der Waals surface area contributed by atoms with Crippen molar-refractivity contribution in [2.24, 2.45) is 5.41 Å². The fraction of sp³-hybridized carbons (Fsp3) is 0.889. The van der Waals surface area contributed by atoms with Crippen LogP contribution in [0.1, 0.15) is 27.2 Å². The molecule has 0 unspecified atom stereocenters. The fourth-order valence-electron chi connectivity index (χ4n) is 1.53. The highest BCUT2D eigenvalue weighted by atomic mass is 15.2. The van der Waals surface area contributed by atoms with Gasteiger partial charge in [0.25, 0.3) is 0 Å². The second-order valence-corrected chi connectivity index (χ2v) is 3.99. The lowest BCUT2D eigenvalue weighted by molar-refractivity contribution is 0.255. The molecule has 1 heterocycles. The highest BCUT2D eigenvalue weighted by molar-refractivity contribution is 5.02. The van der Waals surface area contributed by atoms with Crippen LogP contribution in [-0.2, 0) is 0 Å². The molecule has 0 aromatic carbocycles. The molecule has 0 aliphatic carbocycles. The van der Waals surface area contributed by atoms with Gasteiger partial charge in [0, 0.05) is 19.1 Å². The zero-order valence-corrected chi connectivity index (χ0v) is 7.59. The number of rotatable bonds is 1. The highest BCUT2D eigenvalue weighted by Crippen LogP contribution is 2.29. The van der Waals surface area contributed by atoms with Gasteiger partial charge in [-0.2, -0.15) is 5.26 Å². The van der Waals surface area contributed by atoms with Gasteiger partial charge in [0.05, 0.1) is 11.5 Å². The van der Waals surface area contributed by atoms with Crippen molar-refractivity contribution in [3.63, 3.8) is 0 Å². The summed E-state index contributed by atoms with van der Waals surface area (Å²) in [5.74, 6) is 0. The van der Waals surface area contributed by atoms with Crippen molar-refractivity contribution >= 4 is 0 Å². The first-order valence-electron chi connectivity index (χ1n) is 4.23. The van der Waals surface area contributed by atoms with Crippen molar-refractivity contribution in [2.45, 2.75) is 33.2 Å². The van der Waals surface area contributed by atoms with Crippen LogP contribution in [0.2, 0.25) is 0 Å². The molecule has 1 saturated heterocycles. The lowest BCUT2D eigenvalue weighted by Gasteiger charge is -2.21. The Morgan fingerprint density at radius 3 is 2.45 bits per heavy atom.